The van der Waals surface area contributed by atoms with Gasteiger partial charge in [0, 0.05) is 33.7 Å². The molecule has 3 saturated carbocycles. The number of fused-ring (bicyclic) bond motifs is 1. The zero-order chi connectivity index (χ0) is 22.6. The first-order valence-corrected chi connectivity index (χ1v) is 15.0. The Labute approximate surface area is 217 Å². The summed E-state index contributed by atoms with van der Waals surface area (Å²) in [5.41, 5.74) is 9.33. The van der Waals surface area contributed by atoms with Crippen LogP contribution in [0.2, 0.25) is 0 Å². The summed E-state index contributed by atoms with van der Waals surface area (Å²) < 4.78 is 3.94. The van der Waals surface area contributed by atoms with Crippen molar-refractivity contribution in [1.29, 1.82) is 0 Å². The molecule has 190 valence electrons. The first kappa shape index (κ1) is 26.3. The van der Waals surface area contributed by atoms with Crippen molar-refractivity contribution in [2.24, 2.45) is 17.6 Å². The maximum absolute atomic E-state index is 6.17. The molecule has 0 amide bonds. The van der Waals surface area contributed by atoms with E-state index in [1.807, 2.05) is 0 Å². The highest BCUT2D eigenvalue weighted by molar-refractivity contribution is 9.10. The molecule has 3 aliphatic rings. The van der Waals surface area contributed by atoms with Crippen molar-refractivity contribution in [3.05, 3.63) is 34.4 Å². The van der Waals surface area contributed by atoms with Gasteiger partial charge in [-0.05, 0) is 99.3 Å². The van der Waals surface area contributed by atoms with E-state index in [0.717, 1.165) is 17.8 Å². The number of aromatic nitrogens is 1. The maximum Gasteiger partial charge on any atom is 0.0486 e. The molecule has 1 unspecified atom stereocenters. The first-order chi connectivity index (χ1) is 16.2. The van der Waals surface area contributed by atoms with Crippen molar-refractivity contribution in [3.8, 4) is 0 Å². The van der Waals surface area contributed by atoms with Gasteiger partial charge in [0.1, 0.15) is 0 Å². The Hall–Kier alpha value is -0.800. The van der Waals surface area contributed by atoms with Crippen LogP contribution in [0.15, 0.2) is 28.9 Å². The fourth-order valence-electron chi connectivity index (χ4n) is 7.50. The molecule has 3 fully saturated rings. The van der Waals surface area contributed by atoms with Gasteiger partial charge in [0.05, 0.1) is 0 Å². The molecule has 2 aromatic rings. The Kier molecular flexibility index (Phi) is 9.61. The van der Waals surface area contributed by atoms with Crippen LogP contribution in [0.5, 0.6) is 0 Å². The quantitative estimate of drug-likeness (QED) is 0.380. The number of halogens is 1. The minimum atomic E-state index is 0. The van der Waals surface area contributed by atoms with E-state index < -0.39 is 0 Å². The summed E-state index contributed by atoms with van der Waals surface area (Å²) in [6.07, 6.45) is 26.2. The molecule has 0 radical (unpaired) electrons. The second-order valence-corrected chi connectivity index (χ2v) is 12.6. The van der Waals surface area contributed by atoms with Crippen LogP contribution in [0.1, 0.15) is 134 Å². The van der Waals surface area contributed by atoms with E-state index >= 15 is 0 Å². The molecule has 2 N–H and O–H groups in total. The molecular formula is C31H49BrN2. The van der Waals surface area contributed by atoms with Gasteiger partial charge < -0.3 is 10.3 Å². The van der Waals surface area contributed by atoms with Gasteiger partial charge in [0.15, 0.2) is 0 Å². The number of rotatable bonds is 7. The molecule has 3 heteroatoms. The predicted octanol–water partition coefficient (Wildman–Crippen LogP) is 9.90. The van der Waals surface area contributed by atoms with Crippen LogP contribution < -0.4 is 5.73 Å². The second kappa shape index (κ2) is 12.4. The van der Waals surface area contributed by atoms with Crippen LogP contribution in [0.3, 0.4) is 0 Å². The third-order valence-corrected chi connectivity index (χ3v) is 9.92. The Bertz CT molecular complexity index is 882. The van der Waals surface area contributed by atoms with E-state index in [1.54, 1.807) is 5.56 Å². The summed E-state index contributed by atoms with van der Waals surface area (Å²) in [5, 5.41) is 1.54. The number of benzene rings is 1. The Morgan fingerprint density at radius 3 is 2.26 bits per heavy atom. The van der Waals surface area contributed by atoms with Crippen molar-refractivity contribution < 1.29 is 0 Å². The summed E-state index contributed by atoms with van der Waals surface area (Å²) in [4.78, 5) is 0. The van der Waals surface area contributed by atoms with Crippen LogP contribution >= 0.6 is 15.9 Å². The van der Waals surface area contributed by atoms with E-state index in [4.69, 9.17) is 5.73 Å². The van der Waals surface area contributed by atoms with Crippen LogP contribution in [0.4, 0.5) is 0 Å². The molecule has 2 nitrogen and oxygen atoms in total. The molecule has 1 atom stereocenters. The first-order valence-electron chi connectivity index (χ1n) is 14.2. The van der Waals surface area contributed by atoms with E-state index in [-0.39, 0.29) is 7.43 Å². The van der Waals surface area contributed by atoms with Crippen LogP contribution in [0.25, 0.3) is 10.9 Å². The Morgan fingerprint density at radius 2 is 1.56 bits per heavy atom. The summed E-state index contributed by atoms with van der Waals surface area (Å²) in [6.45, 7) is 0. The van der Waals surface area contributed by atoms with Gasteiger partial charge in [0.2, 0.25) is 0 Å². The van der Waals surface area contributed by atoms with Gasteiger partial charge in [-0.15, -0.1) is 0 Å². The largest absolute Gasteiger partial charge is 0.344 e. The van der Waals surface area contributed by atoms with Crippen LogP contribution in [-0.4, -0.2) is 10.6 Å². The lowest BCUT2D eigenvalue weighted by Gasteiger charge is -2.32. The Balaban J connectivity index is 0.00000274. The summed E-state index contributed by atoms with van der Waals surface area (Å²) in [5.74, 6) is 2.54. The van der Waals surface area contributed by atoms with Crippen LogP contribution in [0, 0.1) is 11.8 Å². The van der Waals surface area contributed by atoms with E-state index in [1.165, 1.54) is 125 Å². The highest BCUT2D eigenvalue weighted by atomic mass is 79.9. The van der Waals surface area contributed by atoms with Crippen molar-refractivity contribution in [1.82, 2.24) is 4.57 Å². The maximum atomic E-state index is 6.17. The fraction of sp³-hybridized carbons (Fsp3) is 0.742. The van der Waals surface area contributed by atoms with Gasteiger partial charge in [-0.3, -0.25) is 0 Å². The lowest BCUT2D eigenvalue weighted by molar-refractivity contribution is 0.269. The van der Waals surface area contributed by atoms with Gasteiger partial charge in [-0.2, -0.15) is 0 Å². The highest BCUT2D eigenvalue weighted by Crippen LogP contribution is 2.45. The molecule has 5 rings (SSSR count). The molecular weight excluding hydrogens is 480 g/mol. The van der Waals surface area contributed by atoms with E-state index in [2.05, 4.69) is 44.9 Å². The molecule has 0 aliphatic heterocycles. The average Bonchev–Trinajstić information content (AvgIpc) is 3.22. The third kappa shape index (κ3) is 6.12. The monoisotopic (exact) mass is 528 g/mol. The smallest absolute Gasteiger partial charge is 0.0486 e. The molecule has 3 aliphatic carbocycles. The average molecular weight is 530 g/mol. The van der Waals surface area contributed by atoms with Gasteiger partial charge in [0.25, 0.3) is 0 Å². The van der Waals surface area contributed by atoms with Gasteiger partial charge >= 0.3 is 0 Å². The topological polar surface area (TPSA) is 30.9 Å². The summed E-state index contributed by atoms with van der Waals surface area (Å²) in [7, 11) is 0. The minimum absolute atomic E-state index is 0. The lowest BCUT2D eigenvalue weighted by atomic mass is 9.74. The molecule has 34 heavy (non-hydrogen) atoms. The number of hydrogen-bond donors (Lipinski definition) is 1. The summed E-state index contributed by atoms with van der Waals surface area (Å²) in [6, 6.07) is 8.26. The van der Waals surface area contributed by atoms with E-state index in [0.29, 0.717) is 12.1 Å². The van der Waals surface area contributed by atoms with E-state index in [9.17, 15) is 0 Å². The van der Waals surface area contributed by atoms with Gasteiger partial charge in [-0.25, -0.2) is 0 Å². The van der Waals surface area contributed by atoms with Crippen molar-refractivity contribution >= 4 is 26.8 Å². The van der Waals surface area contributed by atoms with Gasteiger partial charge in [-0.1, -0.05) is 74.7 Å². The Morgan fingerprint density at radius 1 is 0.882 bits per heavy atom. The molecule has 0 bridgehead atoms. The molecule has 1 aromatic carbocycles. The van der Waals surface area contributed by atoms with Crippen molar-refractivity contribution in [2.45, 2.75) is 135 Å². The molecule has 0 spiro atoms. The molecule has 1 aromatic heterocycles. The highest BCUT2D eigenvalue weighted by Gasteiger charge is 2.29. The number of hydrogen-bond acceptors (Lipinski definition) is 1. The van der Waals surface area contributed by atoms with Crippen molar-refractivity contribution in [3.63, 3.8) is 0 Å². The standard InChI is InChI=1S/C30H45BrN2.CH4/c31-24-16-19-30-28(20-24)29(21-33(30)26-11-5-2-6-12-26)27(23-9-3-1-4-10-23)13-7-8-22-14-17-25(32)18-15-22;/h16,19-23,25-27H,1-15,17-18,32H2;1H4. The zero-order valence-electron chi connectivity index (χ0n) is 20.6. The van der Waals surface area contributed by atoms with Crippen LogP contribution in [-0.2, 0) is 0 Å². The normalized spacial score (nSPS) is 25.8. The predicted molar refractivity (Wildman–Crippen MR) is 152 cm³/mol. The van der Waals surface area contributed by atoms with Crippen molar-refractivity contribution in [2.75, 3.05) is 0 Å². The molecule has 1 heterocycles. The summed E-state index contributed by atoms with van der Waals surface area (Å²) >= 11 is 3.81. The third-order valence-electron chi connectivity index (χ3n) is 9.43. The zero-order valence-corrected chi connectivity index (χ0v) is 22.2. The number of nitrogens with two attached hydrogens (primary N) is 1. The number of nitrogens with zero attached hydrogens (tertiary/aromatic N) is 1. The second-order valence-electron chi connectivity index (χ2n) is 11.7. The SMILES string of the molecule is C.NC1CCC(CCCC(c2cn(C3CCCCC3)c3ccc(Br)cc23)C2CCCCC2)CC1. The molecule has 0 saturated heterocycles. The lowest BCUT2D eigenvalue weighted by Crippen LogP contribution is -2.26. The minimum Gasteiger partial charge on any atom is -0.344 e. The fourth-order valence-corrected chi connectivity index (χ4v) is 7.86.